The molecule has 2 saturated carbocycles. The molecule has 2 N–H and O–H groups in total. The average Bonchev–Trinajstić information content (AvgIpc) is 3.75. The molecule has 2 aromatic carbocycles. The molecule has 0 radical (unpaired) electrons. The molecule has 2 aliphatic carbocycles. The summed E-state index contributed by atoms with van der Waals surface area (Å²) in [5, 5.41) is 24.0. The SMILES string of the molecule is Cc1ccccc1-c1noc(C2CC2)c1C=C1CC2(CCN(c3ccc4nc(C(=O)O)cc(OCCO)c4c3)CC2)C1. The number of carbonyl (C=O) groups is 1. The fourth-order valence-electron chi connectivity index (χ4n) is 6.70. The number of fused-ring (bicyclic) bond motifs is 1. The van der Waals surface area contributed by atoms with Crippen molar-refractivity contribution < 1.29 is 24.3 Å². The monoisotopic (exact) mass is 565 g/mol. The molecule has 1 aliphatic heterocycles. The van der Waals surface area contributed by atoms with Crippen molar-refractivity contribution in [3.63, 3.8) is 0 Å². The molecule has 7 rings (SSSR count). The van der Waals surface area contributed by atoms with E-state index in [1.807, 2.05) is 18.2 Å². The van der Waals surface area contributed by atoms with E-state index >= 15 is 0 Å². The van der Waals surface area contributed by atoms with Gasteiger partial charge in [-0.2, -0.15) is 0 Å². The van der Waals surface area contributed by atoms with Crippen LogP contribution in [-0.4, -0.2) is 52.6 Å². The zero-order chi connectivity index (χ0) is 28.8. The van der Waals surface area contributed by atoms with Crippen molar-refractivity contribution in [2.24, 2.45) is 5.41 Å². The summed E-state index contributed by atoms with van der Waals surface area (Å²) in [6, 6.07) is 15.7. The Morgan fingerprint density at radius 2 is 1.93 bits per heavy atom. The zero-order valence-corrected chi connectivity index (χ0v) is 23.8. The summed E-state index contributed by atoms with van der Waals surface area (Å²) < 4.78 is 11.6. The summed E-state index contributed by atoms with van der Waals surface area (Å²) in [5.74, 6) is 0.881. The standard InChI is InChI=1S/C34H35N3O5/c1-21-4-2-3-5-25(21)31-27(32(42-36-31)23-6-7-23)16-22-19-34(20-22)10-12-37(13-11-34)24-8-9-28-26(17-24)30(41-15-14-38)18-29(35-28)33(39)40/h2-5,8-9,16-18,23,38H,6-7,10-15,19-20H2,1H3,(H,39,40). The van der Waals surface area contributed by atoms with Gasteiger partial charge in [-0.05, 0) is 80.7 Å². The largest absolute Gasteiger partial charge is 0.490 e. The molecule has 8 heteroatoms. The van der Waals surface area contributed by atoms with Gasteiger partial charge < -0.3 is 24.4 Å². The highest BCUT2D eigenvalue weighted by Gasteiger charge is 2.43. The van der Waals surface area contributed by atoms with Crippen molar-refractivity contribution in [2.75, 3.05) is 31.2 Å². The topological polar surface area (TPSA) is 109 Å². The fourth-order valence-corrected chi connectivity index (χ4v) is 6.70. The third kappa shape index (κ3) is 4.94. The molecule has 0 atom stereocenters. The normalized spacial score (nSPS) is 17.9. The number of nitrogens with zero attached hydrogens (tertiary/aromatic N) is 3. The predicted octanol–water partition coefficient (Wildman–Crippen LogP) is 6.61. The first-order chi connectivity index (χ1) is 20.4. The maximum atomic E-state index is 11.5. The summed E-state index contributed by atoms with van der Waals surface area (Å²) in [7, 11) is 0. The smallest absolute Gasteiger partial charge is 0.354 e. The Balaban J connectivity index is 1.07. The summed E-state index contributed by atoms with van der Waals surface area (Å²) in [6.45, 7) is 3.99. The highest BCUT2D eigenvalue weighted by molar-refractivity contribution is 5.94. The van der Waals surface area contributed by atoms with Crippen LogP contribution in [0.15, 0.2) is 58.6 Å². The number of hydrogen-bond donors (Lipinski definition) is 2. The van der Waals surface area contributed by atoms with E-state index in [4.69, 9.17) is 9.26 Å². The second kappa shape index (κ2) is 10.6. The Kier molecular flexibility index (Phi) is 6.73. The number of ether oxygens (including phenoxy) is 1. The van der Waals surface area contributed by atoms with Gasteiger partial charge in [0.2, 0.25) is 0 Å². The molecule has 1 spiro atoms. The van der Waals surface area contributed by atoms with E-state index in [0.717, 1.165) is 66.9 Å². The Labute approximate surface area is 244 Å². The van der Waals surface area contributed by atoms with Gasteiger partial charge in [0, 0.05) is 47.3 Å². The second-order valence-electron chi connectivity index (χ2n) is 12.1. The average molecular weight is 566 g/mol. The van der Waals surface area contributed by atoms with Crippen LogP contribution in [0.4, 0.5) is 5.69 Å². The van der Waals surface area contributed by atoms with E-state index in [2.05, 4.69) is 52.3 Å². The van der Waals surface area contributed by atoms with E-state index < -0.39 is 5.97 Å². The molecule has 0 bridgehead atoms. The van der Waals surface area contributed by atoms with Crippen LogP contribution in [0.25, 0.3) is 28.2 Å². The number of aromatic carboxylic acids is 1. The number of rotatable bonds is 8. The third-order valence-corrected chi connectivity index (χ3v) is 9.17. The van der Waals surface area contributed by atoms with Gasteiger partial charge in [0.25, 0.3) is 0 Å². The zero-order valence-electron chi connectivity index (χ0n) is 23.8. The minimum atomic E-state index is -1.11. The van der Waals surface area contributed by atoms with E-state index in [9.17, 15) is 15.0 Å². The highest BCUT2D eigenvalue weighted by Crippen LogP contribution is 2.54. The molecule has 216 valence electrons. The van der Waals surface area contributed by atoms with E-state index in [-0.39, 0.29) is 18.9 Å². The first-order valence-corrected chi connectivity index (χ1v) is 14.8. The van der Waals surface area contributed by atoms with E-state index in [0.29, 0.717) is 22.6 Å². The number of aryl methyl sites for hydroxylation is 1. The predicted molar refractivity (Wildman–Crippen MR) is 161 cm³/mol. The molecular weight excluding hydrogens is 530 g/mol. The van der Waals surface area contributed by atoms with Gasteiger partial charge >= 0.3 is 5.97 Å². The summed E-state index contributed by atoms with van der Waals surface area (Å²) in [6.07, 6.45) is 9.20. The maximum absolute atomic E-state index is 11.5. The number of carboxylic acids is 1. The lowest BCUT2D eigenvalue weighted by Crippen LogP contribution is -2.44. The minimum absolute atomic E-state index is 0.0709. The number of anilines is 1. The molecule has 3 fully saturated rings. The number of aliphatic hydroxyl groups is 1. The van der Waals surface area contributed by atoms with E-state index in [1.54, 1.807) is 0 Å². The first kappa shape index (κ1) is 26.7. The van der Waals surface area contributed by atoms with Crippen LogP contribution < -0.4 is 9.64 Å². The van der Waals surface area contributed by atoms with Gasteiger partial charge in [-0.15, -0.1) is 0 Å². The Bertz CT molecular complexity index is 1680. The summed E-state index contributed by atoms with van der Waals surface area (Å²) >= 11 is 0. The molecule has 1 saturated heterocycles. The minimum Gasteiger partial charge on any atom is -0.490 e. The van der Waals surface area contributed by atoms with Gasteiger partial charge in [-0.3, -0.25) is 0 Å². The molecule has 3 aliphatic rings. The van der Waals surface area contributed by atoms with Crippen LogP contribution in [0.5, 0.6) is 5.75 Å². The van der Waals surface area contributed by atoms with Crippen LogP contribution in [-0.2, 0) is 0 Å². The molecule has 2 aromatic heterocycles. The van der Waals surface area contributed by atoms with E-state index in [1.165, 1.54) is 35.6 Å². The number of aliphatic hydroxyl groups excluding tert-OH is 1. The quantitative estimate of drug-likeness (QED) is 0.246. The number of benzene rings is 2. The van der Waals surface area contributed by atoms with Crippen molar-refractivity contribution >= 4 is 28.6 Å². The fraction of sp³-hybridized carbons (Fsp3) is 0.382. The Morgan fingerprint density at radius 1 is 1.14 bits per heavy atom. The van der Waals surface area contributed by atoms with Crippen molar-refractivity contribution in [3.8, 4) is 17.0 Å². The number of allylic oxidation sites excluding steroid dienone is 1. The lowest BCUT2D eigenvalue weighted by atomic mass is 9.60. The molecule has 3 heterocycles. The van der Waals surface area contributed by atoms with Crippen molar-refractivity contribution in [2.45, 2.75) is 51.4 Å². The second-order valence-corrected chi connectivity index (χ2v) is 12.1. The molecule has 42 heavy (non-hydrogen) atoms. The number of hydrogen-bond acceptors (Lipinski definition) is 7. The lowest BCUT2D eigenvalue weighted by molar-refractivity contribution is 0.0690. The summed E-state index contributed by atoms with van der Waals surface area (Å²) in [5.41, 5.74) is 7.92. The summed E-state index contributed by atoms with van der Waals surface area (Å²) in [4.78, 5) is 18.2. The highest BCUT2D eigenvalue weighted by atomic mass is 16.5. The number of piperidine rings is 1. The van der Waals surface area contributed by atoms with Crippen LogP contribution in [0.2, 0.25) is 0 Å². The van der Waals surface area contributed by atoms with Gasteiger partial charge in [-0.1, -0.05) is 35.0 Å². The van der Waals surface area contributed by atoms with Crippen molar-refractivity contribution in [1.82, 2.24) is 10.1 Å². The molecule has 8 nitrogen and oxygen atoms in total. The number of aromatic nitrogens is 2. The third-order valence-electron chi connectivity index (χ3n) is 9.17. The van der Waals surface area contributed by atoms with Crippen LogP contribution in [0, 0.1) is 12.3 Å². The van der Waals surface area contributed by atoms with Gasteiger partial charge in [0.1, 0.15) is 23.8 Å². The van der Waals surface area contributed by atoms with Crippen molar-refractivity contribution in [1.29, 1.82) is 0 Å². The number of carboxylic acid groups (broad SMARTS) is 1. The van der Waals surface area contributed by atoms with Gasteiger partial charge in [0.15, 0.2) is 5.69 Å². The van der Waals surface area contributed by atoms with Crippen molar-refractivity contribution in [3.05, 3.63) is 76.7 Å². The van der Waals surface area contributed by atoms with Crippen LogP contribution in [0.3, 0.4) is 0 Å². The van der Waals surface area contributed by atoms with Gasteiger partial charge in [0.05, 0.1) is 12.1 Å². The first-order valence-electron chi connectivity index (χ1n) is 14.8. The lowest BCUT2D eigenvalue weighted by Gasteiger charge is -2.50. The number of pyridine rings is 1. The van der Waals surface area contributed by atoms with Gasteiger partial charge in [-0.25, -0.2) is 9.78 Å². The van der Waals surface area contributed by atoms with Crippen LogP contribution in [0.1, 0.15) is 71.8 Å². The maximum Gasteiger partial charge on any atom is 0.354 e. The Hall–Kier alpha value is -4.17. The Morgan fingerprint density at radius 3 is 2.64 bits per heavy atom. The molecule has 0 amide bonds. The molecule has 0 unspecified atom stereocenters. The van der Waals surface area contributed by atoms with Crippen LogP contribution >= 0.6 is 0 Å². The molecule has 4 aromatic rings. The molecular formula is C34H35N3O5.